The largest absolute Gasteiger partial charge is 0.0721 e. The molecule has 165 valence electrons. The molecule has 0 aliphatic heterocycles. The smallest absolute Gasteiger partial charge is 0.0306 e. The van der Waals surface area contributed by atoms with E-state index in [4.69, 9.17) is 0 Å². The fourth-order valence-electron chi connectivity index (χ4n) is 6.75. The van der Waals surface area contributed by atoms with E-state index < -0.39 is 45.5 Å². The first-order valence-corrected chi connectivity index (χ1v) is 40.5. The van der Waals surface area contributed by atoms with E-state index in [1.54, 1.807) is 0 Å². The third-order valence-corrected chi connectivity index (χ3v) is 122. The summed E-state index contributed by atoms with van der Waals surface area (Å²) in [6, 6.07) is 0. The van der Waals surface area contributed by atoms with E-state index in [1.165, 1.54) is 0 Å². The summed E-state index contributed by atoms with van der Waals surface area (Å²) in [5.74, 6) is 0. The van der Waals surface area contributed by atoms with E-state index in [1.807, 2.05) is 0 Å². The van der Waals surface area contributed by atoms with Crippen LogP contribution in [0.3, 0.4) is 0 Å². The summed E-state index contributed by atoms with van der Waals surface area (Å²) < 4.78 is 0. The van der Waals surface area contributed by atoms with Crippen LogP contribution in [-0.2, 0) is 17.1 Å². The van der Waals surface area contributed by atoms with Gasteiger partial charge in [-0.1, -0.05) is 118 Å². The summed E-state index contributed by atoms with van der Waals surface area (Å²) in [5.41, 5.74) is 0. The standard InChI is InChI=1S/2C9H27Si4.Mn/c2*1-11(2,3)10(12(4,5)6)13(7,8)9;/h2*1-9H3;. The van der Waals surface area contributed by atoms with Crippen molar-refractivity contribution in [2.24, 2.45) is 0 Å². The average molecular weight is 550 g/mol. The maximum absolute atomic E-state index is 2.61. The van der Waals surface area contributed by atoms with Gasteiger partial charge >= 0.3 is 0 Å². The Labute approximate surface area is 194 Å². The Bertz CT molecular complexity index is 317. The Morgan fingerprint density at radius 1 is 0.259 bits per heavy atom. The Balaban J connectivity index is -0.000000411. The molecule has 0 saturated carbocycles. The van der Waals surface area contributed by atoms with Crippen molar-refractivity contribution >= 4 is 60.2 Å². The number of rotatable bonds is 6. The predicted molar refractivity (Wildman–Crippen MR) is 152 cm³/mol. The van der Waals surface area contributed by atoms with Crippen molar-refractivity contribution < 1.29 is 17.1 Å². The first-order valence-electron chi connectivity index (χ1n) is 10.5. The van der Waals surface area contributed by atoms with Crippen molar-refractivity contribution in [2.45, 2.75) is 118 Å². The van der Waals surface area contributed by atoms with Crippen LogP contribution in [0, 0.1) is 0 Å². The molecule has 0 saturated heterocycles. The van der Waals surface area contributed by atoms with E-state index in [-0.39, 0.29) is 31.8 Å². The third-order valence-electron chi connectivity index (χ3n) is 4.50. The predicted octanol–water partition coefficient (Wildman–Crippen LogP) is 7.46. The van der Waals surface area contributed by atoms with E-state index in [0.29, 0.717) is 0 Å². The second-order valence-electron chi connectivity index (χ2n) is 14.2. The zero-order chi connectivity index (χ0) is 22.2. The summed E-state index contributed by atoms with van der Waals surface area (Å²) >= 11 is 0. The fourth-order valence-corrected chi connectivity index (χ4v) is 182. The summed E-state index contributed by atoms with van der Waals surface area (Å²) in [4.78, 5) is 0. The Kier molecular flexibility index (Phi) is 13.4. The van der Waals surface area contributed by atoms with E-state index >= 15 is 0 Å². The molecule has 0 spiro atoms. The SMILES string of the molecule is C[Si](C)(C)[Si]([Si](C)(C)C)[Si](C)(C)C.C[Si](C)(C)[Si]([Si](C)(C)C)[Si](C)(C)C.[Mn]. The Hall–Kier alpha value is 2.25. The van der Waals surface area contributed by atoms with Gasteiger partial charge in [-0.15, -0.1) is 0 Å². The van der Waals surface area contributed by atoms with Crippen LogP contribution in [0.25, 0.3) is 0 Å². The summed E-state index contributed by atoms with van der Waals surface area (Å²) in [6.45, 7) is 47.0. The molecule has 0 atom stereocenters. The minimum atomic E-state index is -0.832. The van der Waals surface area contributed by atoms with E-state index in [0.717, 1.165) is 0 Å². The normalized spacial score (nSPS) is 14.7. The van der Waals surface area contributed by atoms with Gasteiger partial charge in [0.2, 0.25) is 0 Å². The van der Waals surface area contributed by atoms with Gasteiger partial charge in [0.15, 0.2) is 0 Å². The van der Waals surface area contributed by atoms with Crippen LogP contribution in [0.5, 0.6) is 0 Å². The molecule has 0 aromatic heterocycles. The maximum atomic E-state index is 2.61. The zero-order valence-corrected chi connectivity index (χ0v) is 31.6. The van der Waals surface area contributed by atoms with Crippen molar-refractivity contribution in [3.05, 3.63) is 0 Å². The molecule has 0 heterocycles. The minimum absolute atomic E-state index is 0. The van der Waals surface area contributed by atoms with Crippen LogP contribution in [0.2, 0.25) is 118 Å². The van der Waals surface area contributed by atoms with Gasteiger partial charge < -0.3 is 0 Å². The Morgan fingerprint density at radius 2 is 0.333 bits per heavy atom. The van der Waals surface area contributed by atoms with Crippen molar-refractivity contribution in [1.29, 1.82) is 0 Å². The number of hydrogen-bond acceptors (Lipinski definition) is 0. The molecule has 0 aliphatic carbocycles. The molecular weight excluding hydrogens is 496 g/mol. The van der Waals surface area contributed by atoms with Crippen LogP contribution in [0.15, 0.2) is 0 Å². The van der Waals surface area contributed by atoms with E-state index in [9.17, 15) is 0 Å². The van der Waals surface area contributed by atoms with Gasteiger partial charge in [-0.2, -0.15) is 0 Å². The molecule has 0 aromatic carbocycles. The van der Waals surface area contributed by atoms with Crippen LogP contribution in [0.1, 0.15) is 0 Å². The molecule has 0 aromatic rings. The van der Waals surface area contributed by atoms with Crippen molar-refractivity contribution in [3.8, 4) is 0 Å². The van der Waals surface area contributed by atoms with Gasteiger partial charge in [-0.3, -0.25) is 0 Å². The van der Waals surface area contributed by atoms with Crippen molar-refractivity contribution in [1.82, 2.24) is 0 Å². The molecule has 0 rings (SSSR count). The molecule has 9 heteroatoms. The van der Waals surface area contributed by atoms with Gasteiger partial charge in [-0.05, 0) is 0 Å². The monoisotopic (exact) mass is 549 g/mol. The molecular formula is C18H54MnSi8. The van der Waals surface area contributed by atoms with Gasteiger partial charge in [-0.25, -0.2) is 0 Å². The summed E-state index contributed by atoms with van der Waals surface area (Å²) in [6.07, 6.45) is 0. The molecule has 0 unspecified atom stereocenters. The Morgan fingerprint density at radius 3 is 0.333 bits per heavy atom. The van der Waals surface area contributed by atoms with Crippen molar-refractivity contribution in [3.63, 3.8) is 0 Å². The first kappa shape index (κ1) is 33.9. The number of hydrogen-bond donors (Lipinski definition) is 0. The quantitative estimate of drug-likeness (QED) is 0.302. The zero-order valence-electron chi connectivity index (χ0n) is 22.4. The molecule has 27 heavy (non-hydrogen) atoms. The molecule has 0 amide bonds. The molecule has 0 aliphatic rings. The summed E-state index contributed by atoms with van der Waals surface area (Å²) in [5, 5.41) is 0. The van der Waals surface area contributed by atoms with E-state index in [2.05, 4.69) is 118 Å². The van der Waals surface area contributed by atoms with Gasteiger partial charge in [0.1, 0.15) is 0 Å². The first-order chi connectivity index (χ1) is 10.7. The van der Waals surface area contributed by atoms with Gasteiger partial charge in [0.25, 0.3) is 0 Å². The molecule has 0 nitrogen and oxygen atoms in total. The fraction of sp³-hybridized carbons (Fsp3) is 1.00. The second-order valence-corrected chi connectivity index (χ2v) is 87.8. The van der Waals surface area contributed by atoms with Crippen LogP contribution < -0.4 is 0 Å². The third kappa shape index (κ3) is 13.3. The van der Waals surface area contributed by atoms with Crippen LogP contribution in [-0.4, -0.2) is 60.2 Å². The van der Waals surface area contributed by atoms with Gasteiger partial charge in [0, 0.05) is 77.3 Å². The molecule has 3 radical (unpaired) electrons. The molecule has 0 N–H and O–H groups in total. The van der Waals surface area contributed by atoms with Gasteiger partial charge in [0.05, 0.1) is 0 Å². The molecule has 0 fully saturated rings. The van der Waals surface area contributed by atoms with Crippen LogP contribution in [0.4, 0.5) is 0 Å². The topological polar surface area (TPSA) is 0 Å². The minimum Gasteiger partial charge on any atom is -0.0721 e. The van der Waals surface area contributed by atoms with Crippen molar-refractivity contribution in [2.75, 3.05) is 0 Å². The summed E-state index contributed by atoms with van der Waals surface area (Å²) in [7, 11) is -4.94. The second kappa shape index (κ2) is 10.7. The maximum Gasteiger partial charge on any atom is 0.0306 e. The van der Waals surface area contributed by atoms with Crippen LogP contribution >= 0.6 is 0 Å². The average Bonchev–Trinajstić information content (AvgIpc) is 1.97. The molecule has 0 bridgehead atoms.